The Hall–Kier alpha value is -1.56. The molecule has 0 radical (unpaired) electrons. The second-order valence-corrected chi connectivity index (χ2v) is 4.04. The highest BCUT2D eigenvalue weighted by Gasteiger charge is 2.12. The first kappa shape index (κ1) is 9.97. The summed E-state index contributed by atoms with van der Waals surface area (Å²) in [6.45, 7) is 6.13. The monoisotopic (exact) mass is 196 g/mol. The molecule has 2 rings (SSSR count). The van der Waals surface area contributed by atoms with Gasteiger partial charge < -0.3 is 0 Å². The van der Waals surface area contributed by atoms with Gasteiger partial charge in [-0.25, -0.2) is 0 Å². The highest BCUT2D eigenvalue weighted by Crippen LogP contribution is 2.31. The summed E-state index contributed by atoms with van der Waals surface area (Å²) in [5.41, 5.74) is 4.00. The summed E-state index contributed by atoms with van der Waals surface area (Å²) < 4.78 is 0. The van der Waals surface area contributed by atoms with Crippen molar-refractivity contribution in [3.63, 3.8) is 0 Å². The van der Waals surface area contributed by atoms with Gasteiger partial charge in [-0.15, -0.1) is 0 Å². The van der Waals surface area contributed by atoms with Crippen LogP contribution >= 0.6 is 0 Å². The molecule has 76 valence electrons. The van der Waals surface area contributed by atoms with E-state index >= 15 is 0 Å². The van der Waals surface area contributed by atoms with Crippen molar-refractivity contribution in [3.8, 4) is 0 Å². The number of hydrogen-bond acceptors (Lipinski definition) is 0. The van der Waals surface area contributed by atoms with E-state index in [-0.39, 0.29) is 0 Å². The van der Waals surface area contributed by atoms with Crippen LogP contribution in [0.25, 0.3) is 5.57 Å². The van der Waals surface area contributed by atoms with E-state index in [0.717, 1.165) is 6.42 Å². The zero-order chi connectivity index (χ0) is 10.7. The molecular formula is C15H16. The normalized spacial score (nSPS) is 20.5. The van der Waals surface area contributed by atoms with Crippen LogP contribution in [0.5, 0.6) is 0 Å². The summed E-state index contributed by atoms with van der Waals surface area (Å²) in [6.07, 6.45) is 7.50. The van der Waals surface area contributed by atoms with Crippen molar-refractivity contribution in [2.75, 3.05) is 0 Å². The molecule has 1 aliphatic rings. The Morgan fingerprint density at radius 3 is 2.67 bits per heavy atom. The van der Waals surface area contributed by atoms with E-state index in [1.165, 1.54) is 16.7 Å². The lowest BCUT2D eigenvalue weighted by Gasteiger charge is -2.18. The fourth-order valence-electron chi connectivity index (χ4n) is 1.99. The topological polar surface area (TPSA) is 0 Å². The zero-order valence-electron chi connectivity index (χ0n) is 9.11. The molecule has 1 aromatic rings. The van der Waals surface area contributed by atoms with Gasteiger partial charge in [0.1, 0.15) is 0 Å². The summed E-state index contributed by atoms with van der Waals surface area (Å²) in [5, 5.41) is 0. The Morgan fingerprint density at radius 2 is 2.00 bits per heavy atom. The van der Waals surface area contributed by atoms with Crippen LogP contribution in [0.15, 0.2) is 60.7 Å². The average Bonchev–Trinajstić information content (AvgIpc) is 2.30. The number of rotatable bonds is 2. The summed E-state index contributed by atoms with van der Waals surface area (Å²) in [6, 6.07) is 10.6. The van der Waals surface area contributed by atoms with Gasteiger partial charge in [0, 0.05) is 0 Å². The maximum absolute atomic E-state index is 3.88. The van der Waals surface area contributed by atoms with Gasteiger partial charge in [-0.05, 0) is 29.0 Å². The van der Waals surface area contributed by atoms with Crippen molar-refractivity contribution in [1.82, 2.24) is 0 Å². The third kappa shape index (κ3) is 2.10. The van der Waals surface area contributed by atoms with Crippen LogP contribution in [0.2, 0.25) is 0 Å². The number of benzene rings is 1. The van der Waals surface area contributed by atoms with Gasteiger partial charge in [-0.3, -0.25) is 0 Å². The van der Waals surface area contributed by atoms with E-state index < -0.39 is 0 Å². The van der Waals surface area contributed by atoms with Gasteiger partial charge in [-0.1, -0.05) is 62.1 Å². The summed E-state index contributed by atoms with van der Waals surface area (Å²) >= 11 is 0. The predicted molar refractivity (Wildman–Crippen MR) is 66.5 cm³/mol. The smallest absolute Gasteiger partial charge is 0.0206 e. The summed E-state index contributed by atoms with van der Waals surface area (Å²) in [7, 11) is 0. The molecule has 1 unspecified atom stereocenters. The largest absolute Gasteiger partial charge is 0.0985 e. The van der Waals surface area contributed by atoms with E-state index in [2.05, 4.69) is 56.0 Å². The van der Waals surface area contributed by atoms with Crippen molar-refractivity contribution in [1.29, 1.82) is 0 Å². The minimum Gasteiger partial charge on any atom is -0.0985 e. The SMILES string of the molecule is C=CC1=C(c2ccccc2)CC(C)C=C1. The minimum atomic E-state index is 0.629. The van der Waals surface area contributed by atoms with Gasteiger partial charge in [-0.2, -0.15) is 0 Å². The molecular weight excluding hydrogens is 180 g/mol. The lowest BCUT2D eigenvalue weighted by atomic mass is 9.86. The second-order valence-electron chi connectivity index (χ2n) is 4.04. The minimum absolute atomic E-state index is 0.629. The molecule has 0 aliphatic heterocycles. The van der Waals surface area contributed by atoms with Gasteiger partial charge >= 0.3 is 0 Å². The highest BCUT2D eigenvalue weighted by molar-refractivity contribution is 5.74. The standard InChI is InChI=1S/C15H16/c1-3-13-10-9-12(2)11-15(13)14-7-5-4-6-8-14/h3-10,12H,1,11H2,2H3. The van der Waals surface area contributed by atoms with E-state index in [0.29, 0.717) is 5.92 Å². The molecule has 0 spiro atoms. The molecule has 0 bridgehead atoms. The molecule has 0 saturated heterocycles. The molecule has 1 aromatic carbocycles. The van der Waals surface area contributed by atoms with Crippen molar-refractivity contribution in [3.05, 3.63) is 66.3 Å². The molecule has 0 aromatic heterocycles. The van der Waals surface area contributed by atoms with Gasteiger partial charge in [0.25, 0.3) is 0 Å². The Labute approximate surface area is 91.6 Å². The Balaban J connectivity index is 2.45. The zero-order valence-corrected chi connectivity index (χ0v) is 9.11. The third-order valence-electron chi connectivity index (χ3n) is 2.82. The van der Waals surface area contributed by atoms with Crippen LogP contribution in [-0.2, 0) is 0 Å². The van der Waals surface area contributed by atoms with Crippen LogP contribution in [0.3, 0.4) is 0 Å². The van der Waals surface area contributed by atoms with Crippen LogP contribution in [0.4, 0.5) is 0 Å². The molecule has 0 nitrogen and oxygen atoms in total. The van der Waals surface area contributed by atoms with Crippen LogP contribution < -0.4 is 0 Å². The number of hydrogen-bond donors (Lipinski definition) is 0. The lowest BCUT2D eigenvalue weighted by Crippen LogP contribution is -2.00. The molecule has 15 heavy (non-hydrogen) atoms. The summed E-state index contributed by atoms with van der Waals surface area (Å²) in [4.78, 5) is 0. The third-order valence-corrected chi connectivity index (χ3v) is 2.82. The molecule has 0 heteroatoms. The number of allylic oxidation sites excluding steroid dienone is 5. The molecule has 0 N–H and O–H groups in total. The molecule has 0 saturated carbocycles. The van der Waals surface area contributed by atoms with Crippen molar-refractivity contribution in [2.24, 2.45) is 5.92 Å². The van der Waals surface area contributed by atoms with E-state index in [1.807, 2.05) is 6.08 Å². The maximum atomic E-state index is 3.88. The Bertz CT molecular complexity index is 407. The van der Waals surface area contributed by atoms with Crippen LogP contribution in [-0.4, -0.2) is 0 Å². The fourth-order valence-corrected chi connectivity index (χ4v) is 1.99. The first-order chi connectivity index (χ1) is 7.31. The lowest BCUT2D eigenvalue weighted by molar-refractivity contribution is 0.746. The first-order valence-electron chi connectivity index (χ1n) is 5.40. The summed E-state index contributed by atoms with van der Waals surface area (Å²) in [5.74, 6) is 0.629. The van der Waals surface area contributed by atoms with Gasteiger partial charge in [0.05, 0.1) is 0 Å². The molecule has 1 atom stereocenters. The first-order valence-corrected chi connectivity index (χ1v) is 5.40. The van der Waals surface area contributed by atoms with Crippen LogP contribution in [0, 0.1) is 5.92 Å². The molecule has 0 amide bonds. The van der Waals surface area contributed by atoms with E-state index in [4.69, 9.17) is 0 Å². The average molecular weight is 196 g/mol. The quantitative estimate of drug-likeness (QED) is 0.664. The van der Waals surface area contributed by atoms with Crippen molar-refractivity contribution in [2.45, 2.75) is 13.3 Å². The molecule has 0 heterocycles. The predicted octanol–water partition coefficient (Wildman–Crippen LogP) is 4.22. The second kappa shape index (κ2) is 4.31. The van der Waals surface area contributed by atoms with E-state index in [9.17, 15) is 0 Å². The van der Waals surface area contributed by atoms with Gasteiger partial charge in [0.15, 0.2) is 0 Å². The van der Waals surface area contributed by atoms with Crippen molar-refractivity contribution >= 4 is 5.57 Å². The molecule has 1 aliphatic carbocycles. The van der Waals surface area contributed by atoms with E-state index in [1.54, 1.807) is 0 Å². The van der Waals surface area contributed by atoms with Crippen molar-refractivity contribution < 1.29 is 0 Å². The highest BCUT2D eigenvalue weighted by atomic mass is 14.2. The Kier molecular flexibility index (Phi) is 2.86. The maximum Gasteiger partial charge on any atom is -0.0206 e. The molecule has 0 fully saturated rings. The fraction of sp³-hybridized carbons (Fsp3) is 0.200. The van der Waals surface area contributed by atoms with Gasteiger partial charge in [0.2, 0.25) is 0 Å². The Morgan fingerprint density at radius 1 is 1.27 bits per heavy atom. The van der Waals surface area contributed by atoms with Crippen LogP contribution in [0.1, 0.15) is 18.9 Å².